The SMILES string of the molecule is C[C@@H]1CN(c2nc3nncn3c3c2ncn3C[C@@H]2CCCO2)[C@@H](C)CN1C(c1ccc(Cl)cc1)[C@@H]1CC1(F)F. The number of rotatable bonds is 6. The van der Waals surface area contributed by atoms with Crippen molar-refractivity contribution in [2.45, 2.75) is 69.8 Å². The molecule has 3 fully saturated rings. The molecular formula is C27H31ClF2N8O. The van der Waals surface area contributed by atoms with Crippen molar-refractivity contribution in [1.29, 1.82) is 0 Å². The second-order valence-electron chi connectivity index (χ2n) is 11.3. The van der Waals surface area contributed by atoms with Crippen LogP contribution in [-0.4, -0.2) is 77.8 Å². The van der Waals surface area contributed by atoms with Crippen LogP contribution in [0.15, 0.2) is 36.9 Å². The molecule has 1 unspecified atom stereocenters. The predicted octanol–water partition coefficient (Wildman–Crippen LogP) is 4.60. The minimum absolute atomic E-state index is 0.00167. The summed E-state index contributed by atoms with van der Waals surface area (Å²) in [6, 6.07) is 6.97. The molecule has 2 saturated heterocycles. The Bertz CT molecular complexity index is 1500. The molecule has 3 aliphatic rings. The van der Waals surface area contributed by atoms with Crippen LogP contribution >= 0.6 is 11.6 Å². The number of hydrogen-bond acceptors (Lipinski definition) is 7. The average molecular weight is 557 g/mol. The highest BCUT2D eigenvalue weighted by Gasteiger charge is 2.62. The molecular weight excluding hydrogens is 526 g/mol. The summed E-state index contributed by atoms with van der Waals surface area (Å²) in [5.41, 5.74) is 2.54. The maximum atomic E-state index is 14.5. The monoisotopic (exact) mass is 556 g/mol. The van der Waals surface area contributed by atoms with E-state index in [9.17, 15) is 8.78 Å². The summed E-state index contributed by atoms with van der Waals surface area (Å²) >= 11 is 6.12. The summed E-state index contributed by atoms with van der Waals surface area (Å²) in [6.45, 7) is 6.94. The molecule has 1 aromatic carbocycles. The van der Waals surface area contributed by atoms with Crippen LogP contribution in [0, 0.1) is 5.92 Å². The zero-order valence-corrected chi connectivity index (χ0v) is 22.7. The lowest BCUT2D eigenvalue weighted by Gasteiger charge is -2.48. The number of benzene rings is 1. The van der Waals surface area contributed by atoms with E-state index in [4.69, 9.17) is 26.3 Å². The first-order chi connectivity index (χ1) is 18.8. The highest BCUT2D eigenvalue weighted by molar-refractivity contribution is 6.30. The van der Waals surface area contributed by atoms with E-state index in [1.807, 2.05) is 22.9 Å². The van der Waals surface area contributed by atoms with Gasteiger partial charge in [-0.15, -0.1) is 10.2 Å². The highest BCUT2D eigenvalue weighted by atomic mass is 35.5. The van der Waals surface area contributed by atoms with Gasteiger partial charge >= 0.3 is 0 Å². The third-order valence-electron chi connectivity index (χ3n) is 8.54. The quantitative estimate of drug-likeness (QED) is 0.343. The largest absolute Gasteiger partial charge is 0.376 e. The Morgan fingerprint density at radius 3 is 2.64 bits per heavy atom. The fourth-order valence-electron chi connectivity index (χ4n) is 6.46. The smallest absolute Gasteiger partial charge is 0.258 e. The molecule has 4 aromatic rings. The maximum Gasteiger partial charge on any atom is 0.258 e. The van der Waals surface area contributed by atoms with Crippen molar-refractivity contribution >= 4 is 34.4 Å². The van der Waals surface area contributed by atoms with Crippen molar-refractivity contribution in [1.82, 2.24) is 34.0 Å². The Labute approximate surface area is 229 Å². The second kappa shape index (κ2) is 9.35. The fraction of sp³-hybridized carbons (Fsp3) is 0.556. The van der Waals surface area contributed by atoms with Gasteiger partial charge in [0.1, 0.15) is 11.8 Å². The van der Waals surface area contributed by atoms with Gasteiger partial charge < -0.3 is 14.2 Å². The lowest BCUT2D eigenvalue weighted by Crippen LogP contribution is -2.58. The number of nitrogens with zero attached hydrogens (tertiary/aromatic N) is 8. The van der Waals surface area contributed by atoms with Gasteiger partial charge in [0, 0.05) is 55.2 Å². The van der Waals surface area contributed by atoms with Crippen molar-refractivity contribution in [2.75, 3.05) is 24.6 Å². The number of ether oxygens (including phenoxy) is 1. The van der Waals surface area contributed by atoms with Gasteiger partial charge in [-0.3, -0.25) is 4.90 Å². The molecule has 1 aliphatic carbocycles. The van der Waals surface area contributed by atoms with Crippen LogP contribution < -0.4 is 4.90 Å². The van der Waals surface area contributed by atoms with Crippen LogP contribution in [0.25, 0.3) is 16.9 Å². The summed E-state index contributed by atoms with van der Waals surface area (Å²) in [4.78, 5) is 14.2. The van der Waals surface area contributed by atoms with Crippen molar-refractivity contribution in [3.8, 4) is 0 Å². The van der Waals surface area contributed by atoms with E-state index < -0.39 is 11.8 Å². The summed E-state index contributed by atoms with van der Waals surface area (Å²) in [7, 11) is 0. The molecule has 39 heavy (non-hydrogen) atoms. The van der Waals surface area contributed by atoms with E-state index in [0.29, 0.717) is 30.4 Å². The summed E-state index contributed by atoms with van der Waals surface area (Å²) in [6.07, 6.45) is 5.66. The Hall–Kier alpha value is -2.89. The first-order valence-corrected chi connectivity index (χ1v) is 14.0. The molecule has 2 aliphatic heterocycles. The van der Waals surface area contributed by atoms with Crippen molar-refractivity contribution in [2.24, 2.45) is 5.92 Å². The normalized spacial score (nSPS) is 28.0. The summed E-state index contributed by atoms with van der Waals surface area (Å²) in [5.74, 6) is -2.10. The molecule has 5 heterocycles. The average Bonchev–Trinajstić information content (AvgIpc) is 3.43. The van der Waals surface area contributed by atoms with Crippen molar-refractivity contribution in [3.63, 3.8) is 0 Å². The minimum atomic E-state index is -2.65. The minimum Gasteiger partial charge on any atom is -0.376 e. The summed E-state index contributed by atoms with van der Waals surface area (Å²) < 4.78 is 38.8. The highest BCUT2D eigenvalue weighted by Crippen LogP contribution is 2.57. The van der Waals surface area contributed by atoms with Crippen LogP contribution in [0.2, 0.25) is 5.02 Å². The van der Waals surface area contributed by atoms with E-state index >= 15 is 0 Å². The van der Waals surface area contributed by atoms with Crippen molar-refractivity contribution < 1.29 is 13.5 Å². The van der Waals surface area contributed by atoms with Gasteiger partial charge in [-0.05, 0) is 44.4 Å². The van der Waals surface area contributed by atoms with Crippen LogP contribution in [0.1, 0.15) is 44.7 Å². The van der Waals surface area contributed by atoms with Crippen molar-refractivity contribution in [3.05, 3.63) is 47.5 Å². The fourth-order valence-corrected chi connectivity index (χ4v) is 6.58. The van der Waals surface area contributed by atoms with Gasteiger partial charge in [-0.25, -0.2) is 18.2 Å². The van der Waals surface area contributed by atoms with E-state index in [-0.39, 0.29) is 30.7 Å². The molecule has 0 amide bonds. The van der Waals surface area contributed by atoms with Gasteiger partial charge in [0.15, 0.2) is 11.5 Å². The zero-order chi connectivity index (χ0) is 26.9. The number of hydrogen-bond donors (Lipinski definition) is 0. The molecule has 3 aromatic heterocycles. The molecule has 12 heteroatoms. The number of imidazole rings is 1. The summed E-state index contributed by atoms with van der Waals surface area (Å²) in [5, 5.41) is 8.97. The number of halogens is 3. The molecule has 7 rings (SSSR count). The van der Waals surface area contributed by atoms with Gasteiger partial charge in [0.2, 0.25) is 0 Å². The standard InChI is InChI=1S/C27H31ClF2N8O/c1-16-12-37(17(2)11-36(16)23(21-10-27(21,29)30)18-5-7-19(28)8-6-18)24-22-25(38-15-32-34-26(38)33-24)35(14-31-22)13-20-4-3-9-39-20/h5-8,14-17,20-21,23H,3-4,9-13H2,1-2H3/t16-,17+,20+,21+,23?/m1/s1. The topological polar surface area (TPSA) is 76.6 Å². The van der Waals surface area contributed by atoms with E-state index in [2.05, 4.69) is 38.4 Å². The first kappa shape index (κ1) is 25.1. The number of aromatic nitrogens is 6. The predicted molar refractivity (Wildman–Crippen MR) is 143 cm³/mol. The first-order valence-electron chi connectivity index (χ1n) is 13.6. The number of fused-ring (bicyclic) bond motifs is 3. The lowest BCUT2D eigenvalue weighted by molar-refractivity contribution is 0.0393. The zero-order valence-electron chi connectivity index (χ0n) is 21.9. The molecule has 206 valence electrons. The van der Waals surface area contributed by atoms with E-state index in [1.165, 1.54) is 0 Å². The van der Waals surface area contributed by atoms with Gasteiger partial charge in [-0.2, -0.15) is 4.98 Å². The number of anilines is 1. The third-order valence-corrected chi connectivity index (χ3v) is 8.79. The second-order valence-corrected chi connectivity index (χ2v) is 11.7. The van der Waals surface area contributed by atoms with E-state index in [1.54, 1.807) is 18.5 Å². The van der Waals surface area contributed by atoms with Crippen LogP contribution in [-0.2, 0) is 11.3 Å². The van der Waals surface area contributed by atoms with E-state index in [0.717, 1.165) is 42.0 Å². The molecule has 0 N–H and O–H groups in total. The lowest BCUT2D eigenvalue weighted by atomic mass is 9.95. The van der Waals surface area contributed by atoms with Crippen LogP contribution in [0.4, 0.5) is 14.6 Å². The number of piperazine rings is 1. The Balaban J connectivity index is 1.23. The Morgan fingerprint density at radius 2 is 1.92 bits per heavy atom. The molecule has 0 radical (unpaired) electrons. The molecule has 9 nitrogen and oxygen atoms in total. The number of alkyl halides is 2. The third kappa shape index (κ3) is 4.35. The molecule has 5 atom stereocenters. The van der Waals surface area contributed by atoms with Gasteiger partial charge in [0.05, 0.1) is 19.0 Å². The van der Waals surface area contributed by atoms with Crippen LogP contribution in [0.3, 0.4) is 0 Å². The Kier molecular flexibility index (Phi) is 6.02. The van der Waals surface area contributed by atoms with Crippen LogP contribution in [0.5, 0.6) is 0 Å². The van der Waals surface area contributed by atoms with Gasteiger partial charge in [0.25, 0.3) is 11.7 Å². The Morgan fingerprint density at radius 1 is 1.13 bits per heavy atom. The molecule has 1 saturated carbocycles. The van der Waals surface area contributed by atoms with Gasteiger partial charge in [-0.1, -0.05) is 23.7 Å². The molecule has 0 spiro atoms. The maximum absolute atomic E-state index is 14.5. The molecule has 0 bridgehead atoms.